The van der Waals surface area contributed by atoms with Crippen molar-refractivity contribution in [3.63, 3.8) is 0 Å². The van der Waals surface area contributed by atoms with Crippen LogP contribution in [0.2, 0.25) is 0 Å². The molecule has 1 aromatic heterocycles. The van der Waals surface area contributed by atoms with Crippen LogP contribution in [0.1, 0.15) is 75.1 Å². The first-order chi connectivity index (χ1) is 19.2. The van der Waals surface area contributed by atoms with Gasteiger partial charge in [-0.1, -0.05) is 0 Å². The maximum atomic E-state index is 13.2. The van der Waals surface area contributed by atoms with Crippen molar-refractivity contribution in [3.05, 3.63) is 128 Å². The van der Waals surface area contributed by atoms with E-state index in [2.05, 4.69) is 93.3 Å². The van der Waals surface area contributed by atoms with Gasteiger partial charge in [-0.05, 0) is 0 Å². The maximum absolute atomic E-state index is 13.2. The monoisotopic (exact) mass is 585 g/mol. The SMILES string of the molecule is CC1(C)c2cc(C=C3C(=O)c4ccccc4C3=O)[se]c2N2c3ccccc3C(C)(C)c3c2c1cc1ccccc31. The van der Waals surface area contributed by atoms with Crippen LogP contribution in [0.25, 0.3) is 16.8 Å². The summed E-state index contributed by atoms with van der Waals surface area (Å²) >= 11 is -0.0792. The molecule has 4 heteroatoms. The van der Waals surface area contributed by atoms with E-state index in [1.807, 2.05) is 18.2 Å². The van der Waals surface area contributed by atoms with Gasteiger partial charge in [-0.25, -0.2) is 0 Å². The molecule has 0 radical (unpaired) electrons. The summed E-state index contributed by atoms with van der Waals surface area (Å²) in [6.07, 6.45) is 1.88. The Hall–Kier alpha value is -3.98. The second kappa shape index (κ2) is 7.81. The molecule has 3 heterocycles. The molecule has 40 heavy (non-hydrogen) atoms. The summed E-state index contributed by atoms with van der Waals surface area (Å²) in [4.78, 5) is 29.0. The number of nitrogens with zero attached hydrogens (tertiary/aromatic N) is 1. The first-order valence-corrected chi connectivity index (χ1v) is 15.4. The third-order valence-corrected chi connectivity index (χ3v) is 11.4. The molecule has 5 aromatic rings. The summed E-state index contributed by atoms with van der Waals surface area (Å²) < 4.78 is 2.36. The van der Waals surface area contributed by atoms with E-state index < -0.39 is 0 Å². The molecule has 0 amide bonds. The second-order valence-electron chi connectivity index (χ2n) is 12.1. The molecule has 3 aliphatic rings. The van der Waals surface area contributed by atoms with E-state index in [4.69, 9.17) is 0 Å². The number of hydrogen-bond donors (Lipinski definition) is 0. The fourth-order valence-electron chi connectivity index (χ4n) is 7.12. The van der Waals surface area contributed by atoms with Crippen LogP contribution in [0.15, 0.2) is 90.5 Å². The van der Waals surface area contributed by atoms with Gasteiger partial charge in [0.1, 0.15) is 0 Å². The first-order valence-electron chi connectivity index (χ1n) is 13.7. The van der Waals surface area contributed by atoms with E-state index in [0.717, 1.165) is 4.44 Å². The average Bonchev–Trinajstić information content (AvgIpc) is 3.48. The summed E-state index contributed by atoms with van der Waals surface area (Å²) in [6, 6.07) is 29.3. The van der Waals surface area contributed by atoms with Crippen LogP contribution >= 0.6 is 0 Å². The molecule has 0 bridgehead atoms. The van der Waals surface area contributed by atoms with E-state index in [1.54, 1.807) is 12.1 Å². The van der Waals surface area contributed by atoms with Gasteiger partial charge in [-0.15, -0.1) is 0 Å². The minimum atomic E-state index is -0.239. The fraction of sp³-hybridized carbons (Fsp3) is 0.167. The van der Waals surface area contributed by atoms with Crippen LogP contribution in [0.4, 0.5) is 15.9 Å². The Bertz CT molecular complexity index is 1970. The molecule has 4 aromatic carbocycles. The quantitative estimate of drug-likeness (QED) is 0.114. The number of anilines is 3. The predicted molar refractivity (Wildman–Crippen MR) is 163 cm³/mol. The molecule has 0 unspecified atom stereocenters. The van der Waals surface area contributed by atoms with E-state index >= 15 is 0 Å². The average molecular weight is 585 g/mol. The van der Waals surface area contributed by atoms with Crippen LogP contribution in [-0.2, 0) is 10.8 Å². The Balaban J connectivity index is 1.41. The third kappa shape index (κ3) is 2.90. The molecular formula is C36H27NO2Se. The molecule has 0 saturated heterocycles. The van der Waals surface area contributed by atoms with Crippen LogP contribution in [0.5, 0.6) is 0 Å². The van der Waals surface area contributed by atoms with Crippen molar-refractivity contribution in [3.8, 4) is 0 Å². The molecular weight excluding hydrogens is 557 g/mol. The van der Waals surface area contributed by atoms with Gasteiger partial charge in [-0.2, -0.15) is 0 Å². The number of rotatable bonds is 1. The van der Waals surface area contributed by atoms with Crippen molar-refractivity contribution in [1.82, 2.24) is 0 Å². The molecule has 1 aliphatic carbocycles. The molecule has 8 rings (SSSR count). The van der Waals surface area contributed by atoms with Crippen molar-refractivity contribution in [1.29, 1.82) is 0 Å². The standard InChI is InChI=1S/C36H27NO2Se/c1-35(2)27-17-20-11-5-6-12-22(20)30-31(27)37(29-16-10-9-15-26(29)36(30,3)4)34-28(35)19-21(40-34)18-25-32(38)23-13-7-8-14-24(23)33(25)39/h5-19H,1-4H3. The molecule has 3 nitrogen and oxygen atoms in total. The zero-order valence-corrected chi connectivity index (χ0v) is 24.5. The van der Waals surface area contributed by atoms with Crippen LogP contribution < -0.4 is 4.90 Å². The van der Waals surface area contributed by atoms with Gasteiger partial charge in [0.25, 0.3) is 0 Å². The van der Waals surface area contributed by atoms with Gasteiger partial charge in [0, 0.05) is 0 Å². The number of Topliss-reactive ketones (excluding diaryl/α,β-unsaturated/α-hetero) is 2. The van der Waals surface area contributed by atoms with Gasteiger partial charge in [0.05, 0.1) is 0 Å². The minimum absolute atomic E-state index is 0.0792. The van der Waals surface area contributed by atoms with Crippen molar-refractivity contribution >= 4 is 58.9 Å². The summed E-state index contributed by atoms with van der Waals surface area (Å²) in [7, 11) is 0. The molecule has 194 valence electrons. The molecule has 0 fully saturated rings. The Labute approximate surface area is 239 Å². The molecule has 0 saturated carbocycles. The number of hydrogen-bond acceptors (Lipinski definition) is 3. The second-order valence-corrected chi connectivity index (χ2v) is 14.3. The topological polar surface area (TPSA) is 37.4 Å². The molecule has 2 aliphatic heterocycles. The Morgan fingerprint density at radius 1 is 0.700 bits per heavy atom. The van der Waals surface area contributed by atoms with E-state index in [1.165, 1.54) is 49.0 Å². The first kappa shape index (κ1) is 23.9. The number of fused-ring (bicyclic) bond motifs is 7. The number of carbonyl (C=O) groups is 2. The van der Waals surface area contributed by atoms with E-state index in [-0.39, 0.29) is 42.5 Å². The van der Waals surface area contributed by atoms with Crippen LogP contribution in [0, 0.1) is 0 Å². The molecule has 0 N–H and O–H groups in total. The molecule has 0 atom stereocenters. The number of para-hydroxylation sites is 1. The Morgan fingerprint density at radius 3 is 2.10 bits per heavy atom. The zero-order valence-electron chi connectivity index (χ0n) is 22.8. The summed E-state index contributed by atoms with van der Waals surface area (Å²) in [5.74, 6) is -0.327. The van der Waals surface area contributed by atoms with Gasteiger partial charge in [0.2, 0.25) is 0 Å². The fourth-order valence-corrected chi connectivity index (χ4v) is 9.81. The van der Waals surface area contributed by atoms with Crippen molar-refractivity contribution < 1.29 is 9.59 Å². The predicted octanol–water partition coefficient (Wildman–Crippen LogP) is 8.11. The van der Waals surface area contributed by atoms with Gasteiger partial charge >= 0.3 is 240 Å². The van der Waals surface area contributed by atoms with Gasteiger partial charge in [0.15, 0.2) is 0 Å². The van der Waals surface area contributed by atoms with E-state index in [0.29, 0.717) is 11.1 Å². The van der Waals surface area contributed by atoms with Crippen LogP contribution in [0.3, 0.4) is 0 Å². The normalized spacial score (nSPS) is 17.4. The number of carbonyl (C=O) groups excluding carboxylic acids is 2. The van der Waals surface area contributed by atoms with Gasteiger partial charge in [-0.3, -0.25) is 0 Å². The van der Waals surface area contributed by atoms with E-state index in [9.17, 15) is 9.59 Å². The van der Waals surface area contributed by atoms with Crippen molar-refractivity contribution in [2.24, 2.45) is 0 Å². The summed E-state index contributed by atoms with van der Waals surface area (Å²) in [6.45, 7) is 9.35. The van der Waals surface area contributed by atoms with Crippen molar-refractivity contribution in [2.45, 2.75) is 38.5 Å². The zero-order chi connectivity index (χ0) is 27.6. The molecule has 0 spiro atoms. The summed E-state index contributed by atoms with van der Waals surface area (Å²) in [5.41, 5.74) is 8.71. The summed E-state index contributed by atoms with van der Waals surface area (Å²) in [5, 5.41) is 2.56. The van der Waals surface area contributed by atoms with Crippen molar-refractivity contribution in [2.75, 3.05) is 4.90 Å². The van der Waals surface area contributed by atoms with Gasteiger partial charge < -0.3 is 0 Å². The third-order valence-electron chi connectivity index (χ3n) is 9.16. The number of benzene rings is 4. The Morgan fingerprint density at radius 2 is 1.35 bits per heavy atom. The van der Waals surface area contributed by atoms with Crippen LogP contribution in [-0.4, -0.2) is 26.1 Å². The number of ketones is 2. The number of allylic oxidation sites excluding steroid dienone is 1. The Kier molecular flexibility index (Phi) is 4.66.